The third-order valence-corrected chi connectivity index (χ3v) is 8.54. The van der Waals surface area contributed by atoms with Crippen LogP contribution in [0.25, 0.3) is 0 Å². The van der Waals surface area contributed by atoms with Gasteiger partial charge in [-0.2, -0.15) is 13.2 Å². The molecule has 12 heteroatoms. The standard InChI is InChI=1S/C19H14BrClF4N2O2S2/c20-12-3-1-10(14(22)6-12)7-30-18-26-15-8-31(28,29)9-17(15)27(18)16-5-11(19(23,24)25)2-4-13(16)21/h1-6,15,17H,7-9H2/t15-,17-/m0/s1. The molecule has 0 amide bonds. The van der Waals surface area contributed by atoms with E-state index in [1.807, 2.05) is 0 Å². The summed E-state index contributed by atoms with van der Waals surface area (Å²) in [5, 5.41) is 0.356. The number of rotatable bonds is 3. The van der Waals surface area contributed by atoms with Gasteiger partial charge in [-0.15, -0.1) is 0 Å². The number of amidine groups is 1. The van der Waals surface area contributed by atoms with Crippen LogP contribution in [0.1, 0.15) is 11.1 Å². The summed E-state index contributed by atoms with van der Waals surface area (Å²) in [6.45, 7) is 0. The number of benzene rings is 2. The fourth-order valence-electron chi connectivity index (χ4n) is 3.57. The molecule has 4 rings (SSSR count). The Labute approximate surface area is 193 Å². The number of aliphatic imine (C=N–C) groups is 1. The summed E-state index contributed by atoms with van der Waals surface area (Å²) in [7, 11) is -3.39. The predicted octanol–water partition coefficient (Wildman–Crippen LogP) is 5.54. The Morgan fingerprint density at radius 1 is 1.19 bits per heavy atom. The van der Waals surface area contributed by atoms with Gasteiger partial charge in [0.1, 0.15) is 5.82 Å². The van der Waals surface area contributed by atoms with E-state index in [4.69, 9.17) is 11.6 Å². The van der Waals surface area contributed by atoms with Crippen molar-refractivity contribution in [2.75, 3.05) is 16.4 Å². The van der Waals surface area contributed by atoms with Crippen molar-refractivity contribution in [1.82, 2.24) is 0 Å². The van der Waals surface area contributed by atoms with Gasteiger partial charge in [-0.25, -0.2) is 12.8 Å². The number of anilines is 1. The molecule has 0 N–H and O–H groups in total. The molecule has 0 bridgehead atoms. The highest BCUT2D eigenvalue weighted by molar-refractivity contribution is 9.10. The van der Waals surface area contributed by atoms with Crippen LogP contribution >= 0.6 is 39.3 Å². The lowest BCUT2D eigenvalue weighted by Crippen LogP contribution is -2.39. The molecular formula is C19H14BrClF4N2O2S2. The summed E-state index contributed by atoms with van der Waals surface area (Å²) in [6, 6.07) is 6.20. The van der Waals surface area contributed by atoms with Crippen molar-refractivity contribution in [3.8, 4) is 0 Å². The maximum Gasteiger partial charge on any atom is 0.416 e. The molecule has 2 aliphatic rings. The lowest BCUT2D eigenvalue weighted by Gasteiger charge is -2.28. The molecule has 0 saturated carbocycles. The first-order valence-corrected chi connectivity index (χ1v) is 12.9. The zero-order valence-corrected chi connectivity index (χ0v) is 19.5. The molecule has 4 nitrogen and oxygen atoms in total. The average molecular weight is 558 g/mol. The van der Waals surface area contributed by atoms with E-state index in [0.717, 1.165) is 30.0 Å². The maximum absolute atomic E-state index is 14.2. The van der Waals surface area contributed by atoms with E-state index in [2.05, 4.69) is 20.9 Å². The Morgan fingerprint density at radius 3 is 2.61 bits per heavy atom. The Balaban J connectivity index is 1.70. The van der Waals surface area contributed by atoms with E-state index in [-0.39, 0.29) is 28.0 Å². The topological polar surface area (TPSA) is 49.7 Å². The van der Waals surface area contributed by atoms with E-state index in [9.17, 15) is 26.0 Å². The molecule has 0 spiro atoms. The first-order valence-electron chi connectivity index (χ1n) is 8.95. The molecule has 2 aliphatic heterocycles. The van der Waals surface area contributed by atoms with Gasteiger partial charge in [0.15, 0.2) is 15.0 Å². The zero-order valence-electron chi connectivity index (χ0n) is 15.5. The Bertz CT molecular complexity index is 1170. The minimum Gasteiger partial charge on any atom is -0.313 e. The van der Waals surface area contributed by atoms with Crippen LogP contribution in [0.3, 0.4) is 0 Å². The van der Waals surface area contributed by atoms with Gasteiger partial charge in [-0.3, -0.25) is 4.99 Å². The lowest BCUT2D eigenvalue weighted by atomic mass is 10.1. The first-order chi connectivity index (χ1) is 14.4. The second-order valence-electron chi connectivity index (χ2n) is 7.18. The third-order valence-electron chi connectivity index (χ3n) is 5.01. The molecule has 31 heavy (non-hydrogen) atoms. The Hall–Kier alpha value is -1.30. The minimum absolute atomic E-state index is 0.0311. The number of alkyl halides is 3. The molecule has 166 valence electrons. The van der Waals surface area contributed by atoms with Crippen molar-refractivity contribution < 1.29 is 26.0 Å². The van der Waals surface area contributed by atoms with E-state index in [1.54, 1.807) is 12.1 Å². The number of nitrogens with zero attached hydrogens (tertiary/aromatic N) is 2. The molecular weight excluding hydrogens is 544 g/mol. The van der Waals surface area contributed by atoms with Crippen molar-refractivity contribution in [2.24, 2.45) is 4.99 Å². The van der Waals surface area contributed by atoms with Gasteiger partial charge < -0.3 is 4.90 Å². The van der Waals surface area contributed by atoms with Gasteiger partial charge in [-0.05, 0) is 35.9 Å². The van der Waals surface area contributed by atoms with E-state index >= 15 is 0 Å². The second kappa shape index (κ2) is 8.24. The second-order valence-corrected chi connectivity index (χ2v) is 11.6. The SMILES string of the molecule is O=S1(=O)C[C@@H]2N=C(SCc3ccc(Br)cc3F)N(c3cc(C(F)(F)F)ccc3Cl)[C@H]2C1. The zero-order chi connectivity index (χ0) is 22.6. The molecule has 2 aromatic carbocycles. The van der Waals surface area contributed by atoms with Gasteiger partial charge in [0.05, 0.1) is 39.9 Å². The summed E-state index contributed by atoms with van der Waals surface area (Å²) >= 11 is 10.5. The highest BCUT2D eigenvalue weighted by atomic mass is 79.9. The van der Waals surface area contributed by atoms with Crippen LogP contribution in [-0.2, 0) is 21.8 Å². The van der Waals surface area contributed by atoms with E-state index in [0.29, 0.717) is 15.2 Å². The van der Waals surface area contributed by atoms with Gasteiger partial charge in [0.2, 0.25) is 0 Å². The van der Waals surface area contributed by atoms with Crippen molar-refractivity contribution >= 4 is 60.0 Å². The first kappa shape index (κ1) is 22.9. The van der Waals surface area contributed by atoms with E-state index < -0.39 is 39.5 Å². The molecule has 1 fully saturated rings. The third kappa shape index (κ3) is 4.74. The average Bonchev–Trinajstić information content (AvgIpc) is 3.11. The number of thioether (sulfide) groups is 1. The summed E-state index contributed by atoms with van der Waals surface area (Å²) < 4.78 is 78.9. The van der Waals surface area contributed by atoms with E-state index in [1.165, 1.54) is 11.0 Å². The number of sulfone groups is 1. The van der Waals surface area contributed by atoms with Crippen LogP contribution in [0.4, 0.5) is 23.2 Å². The molecule has 2 atom stereocenters. The summed E-state index contributed by atoms with van der Waals surface area (Å²) in [4.78, 5) is 5.91. The summed E-state index contributed by atoms with van der Waals surface area (Å²) in [6.07, 6.45) is -4.59. The highest BCUT2D eigenvalue weighted by Gasteiger charge is 2.48. The smallest absolute Gasteiger partial charge is 0.313 e. The van der Waals surface area contributed by atoms with Crippen LogP contribution in [0.2, 0.25) is 5.02 Å². The highest BCUT2D eigenvalue weighted by Crippen LogP contribution is 2.41. The number of halogens is 6. The molecule has 0 aromatic heterocycles. The van der Waals surface area contributed by atoms with Crippen molar-refractivity contribution in [1.29, 1.82) is 0 Å². The lowest BCUT2D eigenvalue weighted by molar-refractivity contribution is -0.137. The monoisotopic (exact) mass is 556 g/mol. The van der Waals surface area contributed by atoms with Crippen LogP contribution in [0.5, 0.6) is 0 Å². The summed E-state index contributed by atoms with van der Waals surface area (Å²) in [5.74, 6) is -0.713. The molecule has 0 unspecified atom stereocenters. The molecule has 1 saturated heterocycles. The molecule has 0 radical (unpaired) electrons. The molecule has 0 aliphatic carbocycles. The fraction of sp³-hybridized carbons (Fsp3) is 0.316. The quantitative estimate of drug-likeness (QED) is 0.466. The largest absolute Gasteiger partial charge is 0.416 e. The van der Waals surface area contributed by atoms with Gasteiger partial charge in [0.25, 0.3) is 0 Å². The Morgan fingerprint density at radius 2 is 1.94 bits per heavy atom. The number of hydrogen-bond acceptors (Lipinski definition) is 5. The van der Waals surface area contributed by atoms with Crippen molar-refractivity contribution in [3.63, 3.8) is 0 Å². The predicted molar refractivity (Wildman–Crippen MR) is 118 cm³/mol. The number of fused-ring (bicyclic) bond motifs is 1. The van der Waals surface area contributed by atoms with Crippen LogP contribution in [0.15, 0.2) is 45.9 Å². The number of hydrogen-bond donors (Lipinski definition) is 0. The molecule has 2 heterocycles. The molecule has 2 aromatic rings. The van der Waals surface area contributed by atoms with Crippen LogP contribution < -0.4 is 4.90 Å². The van der Waals surface area contributed by atoms with Gasteiger partial charge >= 0.3 is 6.18 Å². The normalized spacial score (nSPS) is 22.5. The fourth-order valence-corrected chi connectivity index (χ4v) is 7.06. The van der Waals surface area contributed by atoms with Crippen molar-refractivity contribution in [2.45, 2.75) is 24.0 Å². The minimum atomic E-state index is -4.59. The van der Waals surface area contributed by atoms with Gasteiger partial charge in [-0.1, -0.05) is 45.4 Å². The maximum atomic E-state index is 14.2. The van der Waals surface area contributed by atoms with Crippen LogP contribution in [0, 0.1) is 5.82 Å². The van der Waals surface area contributed by atoms with Crippen LogP contribution in [-0.4, -0.2) is 37.2 Å². The van der Waals surface area contributed by atoms with Gasteiger partial charge in [0, 0.05) is 10.2 Å². The summed E-state index contributed by atoms with van der Waals surface area (Å²) in [5.41, 5.74) is -0.487. The van der Waals surface area contributed by atoms with Crippen molar-refractivity contribution in [3.05, 3.63) is 62.8 Å². The Kier molecular flexibility index (Phi) is 6.08.